The molecule has 0 radical (unpaired) electrons. The van der Waals surface area contributed by atoms with Gasteiger partial charge in [0, 0.05) is 18.8 Å². The van der Waals surface area contributed by atoms with Gasteiger partial charge in [-0.05, 0) is 44.2 Å². The minimum atomic E-state index is -3.77. The highest BCUT2D eigenvalue weighted by atomic mass is 32.2. The van der Waals surface area contributed by atoms with Gasteiger partial charge in [0.05, 0.1) is 24.9 Å². The van der Waals surface area contributed by atoms with E-state index in [-0.39, 0.29) is 17.0 Å². The normalized spacial score (nSPS) is 21.2. The van der Waals surface area contributed by atoms with Crippen LogP contribution in [-0.2, 0) is 16.6 Å². The van der Waals surface area contributed by atoms with Crippen LogP contribution in [0.5, 0.6) is 5.88 Å². The summed E-state index contributed by atoms with van der Waals surface area (Å²) in [6.07, 6.45) is 2.32. The minimum absolute atomic E-state index is 0.00839. The van der Waals surface area contributed by atoms with E-state index in [9.17, 15) is 13.5 Å². The molecule has 1 atom stereocenters. The predicted octanol–water partition coefficient (Wildman–Crippen LogP) is 1.41. The summed E-state index contributed by atoms with van der Waals surface area (Å²) < 4.78 is 35.3. The van der Waals surface area contributed by atoms with Crippen molar-refractivity contribution >= 4 is 10.0 Å². The number of aliphatic hydroxyl groups is 1. The molecule has 142 valence electrons. The van der Waals surface area contributed by atoms with Crippen LogP contribution in [0.15, 0.2) is 29.4 Å². The highest BCUT2D eigenvalue weighted by Crippen LogP contribution is 2.39. The van der Waals surface area contributed by atoms with Crippen molar-refractivity contribution in [2.24, 2.45) is 5.92 Å². The molecule has 9 heteroatoms. The second-order valence-corrected chi connectivity index (χ2v) is 8.22. The van der Waals surface area contributed by atoms with Gasteiger partial charge in [0.2, 0.25) is 5.88 Å². The maximum absolute atomic E-state index is 13.0. The first kappa shape index (κ1) is 18.8. The Bertz CT molecular complexity index is 857. The quantitative estimate of drug-likeness (QED) is 0.752. The van der Waals surface area contributed by atoms with Crippen molar-refractivity contribution in [1.29, 1.82) is 0 Å². The Morgan fingerprint density at radius 1 is 1.42 bits per heavy atom. The highest BCUT2D eigenvalue weighted by Gasteiger charge is 2.38. The molecule has 0 aromatic carbocycles. The zero-order valence-corrected chi connectivity index (χ0v) is 15.9. The molecule has 2 aromatic rings. The third kappa shape index (κ3) is 3.74. The van der Waals surface area contributed by atoms with Gasteiger partial charge < -0.3 is 9.84 Å². The number of ether oxygens (including phenoxy) is 1. The molecule has 26 heavy (non-hydrogen) atoms. The Labute approximate surface area is 153 Å². The first-order valence-electron chi connectivity index (χ1n) is 8.58. The number of hydrogen-bond acceptors (Lipinski definition) is 6. The van der Waals surface area contributed by atoms with E-state index in [2.05, 4.69) is 14.8 Å². The summed E-state index contributed by atoms with van der Waals surface area (Å²) in [6.45, 7) is 4.07. The van der Waals surface area contributed by atoms with Gasteiger partial charge in [-0.15, -0.1) is 0 Å². The smallest absolute Gasteiger partial charge is 0.258 e. The first-order valence-corrected chi connectivity index (χ1v) is 10.1. The molecule has 1 aliphatic carbocycles. The van der Waals surface area contributed by atoms with Crippen molar-refractivity contribution < 1.29 is 18.3 Å². The van der Waals surface area contributed by atoms with E-state index in [4.69, 9.17) is 4.74 Å². The maximum Gasteiger partial charge on any atom is 0.258 e. The van der Waals surface area contributed by atoms with Gasteiger partial charge in [-0.1, -0.05) is 6.07 Å². The molecule has 1 saturated carbocycles. The molecule has 0 bridgehead atoms. The van der Waals surface area contributed by atoms with Crippen LogP contribution in [0.1, 0.15) is 37.1 Å². The van der Waals surface area contributed by atoms with E-state index in [1.807, 2.05) is 6.92 Å². The molecule has 2 aromatic heterocycles. The number of rotatable bonds is 7. The number of aryl methyl sites for hydroxylation is 2. The van der Waals surface area contributed by atoms with Crippen LogP contribution < -0.4 is 9.46 Å². The van der Waals surface area contributed by atoms with Gasteiger partial charge in [0.1, 0.15) is 0 Å². The van der Waals surface area contributed by atoms with Crippen LogP contribution in [0.3, 0.4) is 0 Å². The molecule has 8 nitrogen and oxygen atoms in total. The summed E-state index contributed by atoms with van der Waals surface area (Å²) in [5.74, 6) is 0.470. The van der Waals surface area contributed by atoms with Crippen LogP contribution in [0, 0.1) is 12.8 Å². The largest absolute Gasteiger partial charge is 0.481 e. The molecular weight excluding hydrogens is 356 g/mol. The summed E-state index contributed by atoms with van der Waals surface area (Å²) in [5, 5.41) is 14.0. The molecule has 0 unspecified atom stereocenters. The molecule has 0 saturated heterocycles. The summed E-state index contributed by atoms with van der Waals surface area (Å²) in [6, 6.07) is 4.59. The zero-order valence-electron chi connectivity index (χ0n) is 15.1. The Balaban J connectivity index is 1.91. The number of hydrogen-bond donors (Lipinski definition) is 2. The van der Waals surface area contributed by atoms with Crippen molar-refractivity contribution in [3.63, 3.8) is 0 Å². The van der Waals surface area contributed by atoms with Crippen molar-refractivity contribution in [2.75, 3.05) is 7.11 Å². The Hall–Kier alpha value is -1.97. The average molecular weight is 380 g/mol. The van der Waals surface area contributed by atoms with Gasteiger partial charge >= 0.3 is 0 Å². The van der Waals surface area contributed by atoms with Crippen LogP contribution in [0.4, 0.5) is 0 Å². The van der Waals surface area contributed by atoms with Gasteiger partial charge in [-0.25, -0.2) is 18.1 Å². The number of aromatic nitrogens is 3. The van der Waals surface area contributed by atoms with Gasteiger partial charge in [0.25, 0.3) is 10.0 Å². The summed E-state index contributed by atoms with van der Waals surface area (Å²) in [7, 11) is -2.25. The molecule has 1 aliphatic rings. The average Bonchev–Trinajstić information content (AvgIpc) is 2.99. The molecule has 2 heterocycles. The zero-order chi connectivity index (χ0) is 18.9. The number of methoxy groups -OCH3 is 1. The van der Waals surface area contributed by atoms with Crippen molar-refractivity contribution in [2.45, 2.75) is 50.4 Å². The lowest BCUT2D eigenvalue weighted by molar-refractivity contribution is 0.0279. The maximum atomic E-state index is 13.0. The lowest BCUT2D eigenvalue weighted by atomic mass is 9.76. The lowest BCUT2D eigenvalue weighted by Gasteiger charge is -2.38. The van der Waals surface area contributed by atoms with Crippen molar-refractivity contribution in [3.8, 4) is 5.88 Å². The SMILES string of the molecule is CCn1nc(C)cc1S(=O)(=O)N[C@@H](c1ccc(OC)nc1)C1CC(O)C1. The molecule has 0 aliphatic heterocycles. The fraction of sp³-hybridized carbons (Fsp3) is 0.529. The minimum Gasteiger partial charge on any atom is -0.481 e. The lowest BCUT2D eigenvalue weighted by Crippen LogP contribution is -2.41. The van der Waals surface area contributed by atoms with E-state index in [0.717, 1.165) is 5.56 Å². The molecule has 0 spiro atoms. The van der Waals surface area contributed by atoms with Crippen LogP contribution in [0.25, 0.3) is 0 Å². The van der Waals surface area contributed by atoms with E-state index in [1.165, 1.54) is 11.8 Å². The molecule has 0 amide bonds. The molecular formula is C17H24N4O4S. The predicted molar refractivity (Wildman–Crippen MR) is 95.2 cm³/mol. The summed E-state index contributed by atoms with van der Waals surface area (Å²) in [5.41, 5.74) is 1.39. The molecule has 1 fully saturated rings. The molecule has 2 N–H and O–H groups in total. The number of pyridine rings is 1. The van der Waals surface area contributed by atoms with E-state index in [0.29, 0.717) is 31.0 Å². The van der Waals surface area contributed by atoms with E-state index in [1.54, 1.807) is 31.3 Å². The Morgan fingerprint density at radius 2 is 2.15 bits per heavy atom. The Morgan fingerprint density at radius 3 is 2.69 bits per heavy atom. The van der Waals surface area contributed by atoms with Crippen molar-refractivity contribution in [3.05, 3.63) is 35.7 Å². The Kier molecular flexibility index (Phi) is 5.31. The third-order valence-electron chi connectivity index (χ3n) is 4.67. The fourth-order valence-electron chi connectivity index (χ4n) is 3.23. The first-order chi connectivity index (χ1) is 12.3. The standard InChI is InChI=1S/C17H24N4O4S/c1-4-21-16(7-11(2)19-21)26(23,24)20-17(13-8-14(22)9-13)12-5-6-15(25-3)18-10-12/h5-7,10,13-14,17,20,22H,4,8-9H2,1-3H3/t13?,14?,17-/m0/s1. The third-order valence-corrected chi connectivity index (χ3v) is 6.11. The number of nitrogens with zero attached hydrogens (tertiary/aromatic N) is 3. The van der Waals surface area contributed by atoms with Crippen molar-refractivity contribution in [1.82, 2.24) is 19.5 Å². The summed E-state index contributed by atoms with van der Waals surface area (Å²) in [4.78, 5) is 4.18. The van der Waals surface area contributed by atoms with Gasteiger partial charge in [0.15, 0.2) is 5.03 Å². The van der Waals surface area contributed by atoms with Crippen LogP contribution >= 0.6 is 0 Å². The van der Waals surface area contributed by atoms with E-state index >= 15 is 0 Å². The highest BCUT2D eigenvalue weighted by molar-refractivity contribution is 7.89. The molecule has 3 rings (SSSR count). The topological polar surface area (TPSA) is 106 Å². The van der Waals surface area contributed by atoms with Gasteiger partial charge in [-0.2, -0.15) is 5.10 Å². The van der Waals surface area contributed by atoms with E-state index < -0.39 is 16.1 Å². The number of nitrogens with one attached hydrogen (secondary N) is 1. The monoisotopic (exact) mass is 380 g/mol. The fourth-order valence-corrected chi connectivity index (χ4v) is 4.78. The van der Waals surface area contributed by atoms with Crippen LogP contribution in [0.2, 0.25) is 0 Å². The number of aliphatic hydroxyl groups excluding tert-OH is 1. The van der Waals surface area contributed by atoms with Gasteiger partial charge in [-0.3, -0.25) is 4.68 Å². The second kappa shape index (κ2) is 7.34. The van der Waals surface area contributed by atoms with Crippen LogP contribution in [-0.4, -0.2) is 41.5 Å². The summed E-state index contributed by atoms with van der Waals surface area (Å²) >= 11 is 0. The second-order valence-electron chi connectivity index (χ2n) is 6.56. The number of sulfonamides is 1.